The molecule has 1 aliphatic carbocycles. The van der Waals surface area contributed by atoms with Crippen molar-refractivity contribution in [3.8, 4) is 0 Å². The van der Waals surface area contributed by atoms with Crippen LogP contribution in [0.15, 0.2) is 18.2 Å². The molecule has 0 saturated heterocycles. The number of hydrogen-bond acceptors (Lipinski definition) is 2. The molecule has 0 aromatic heterocycles. The maximum Gasteiger partial charge on any atom is 0.253 e. The van der Waals surface area contributed by atoms with Crippen LogP contribution < -0.4 is 11.1 Å². The molecule has 1 saturated carbocycles. The van der Waals surface area contributed by atoms with E-state index in [1.54, 1.807) is 6.07 Å². The topological polar surface area (TPSA) is 55.1 Å². The molecule has 1 fully saturated rings. The van der Waals surface area contributed by atoms with Crippen molar-refractivity contribution in [2.75, 3.05) is 5.73 Å². The van der Waals surface area contributed by atoms with Crippen LogP contribution in [0.1, 0.15) is 49.4 Å². The average Bonchev–Trinajstić information content (AvgIpc) is 2.42. The van der Waals surface area contributed by atoms with Crippen molar-refractivity contribution >= 4 is 11.6 Å². The third kappa shape index (κ3) is 3.25. The van der Waals surface area contributed by atoms with Crippen molar-refractivity contribution < 1.29 is 9.18 Å². The summed E-state index contributed by atoms with van der Waals surface area (Å²) < 4.78 is 13.3. The van der Waals surface area contributed by atoms with E-state index < -0.39 is 5.82 Å². The second-order valence-electron chi connectivity index (χ2n) is 5.30. The Kier molecular flexibility index (Phi) is 4.40. The molecule has 0 unspecified atom stereocenters. The number of hydrogen-bond donors (Lipinski definition) is 2. The molecule has 4 heteroatoms. The summed E-state index contributed by atoms with van der Waals surface area (Å²) in [7, 11) is 0. The molecule has 2 rings (SSSR count). The lowest BCUT2D eigenvalue weighted by Gasteiger charge is -2.28. The van der Waals surface area contributed by atoms with E-state index in [9.17, 15) is 9.18 Å². The zero-order valence-corrected chi connectivity index (χ0v) is 11.3. The average molecular weight is 264 g/mol. The maximum atomic E-state index is 13.3. The van der Waals surface area contributed by atoms with Gasteiger partial charge in [-0.2, -0.15) is 0 Å². The summed E-state index contributed by atoms with van der Waals surface area (Å²) in [6, 6.07) is 4.52. The largest absolute Gasteiger partial charge is 0.396 e. The first-order chi connectivity index (χ1) is 9.11. The van der Waals surface area contributed by atoms with Crippen LogP contribution in [0.25, 0.3) is 0 Å². The number of carbonyl (C=O) groups excluding carboxylic acids is 1. The van der Waals surface area contributed by atoms with E-state index in [1.165, 1.54) is 18.6 Å². The summed E-state index contributed by atoms with van der Waals surface area (Å²) in [5.41, 5.74) is 5.76. The zero-order valence-electron chi connectivity index (χ0n) is 11.3. The minimum absolute atomic E-state index is 0.0674. The molecular weight excluding hydrogens is 243 g/mol. The first kappa shape index (κ1) is 13.8. The molecule has 3 N–H and O–H groups in total. The highest BCUT2D eigenvalue weighted by atomic mass is 19.1. The van der Waals surface area contributed by atoms with E-state index in [-0.39, 0.29) is 23.2 Å². The second kappa shape index (κ2) is 6.04. The van der Waals surface area contributed by atoms with Gasteiger partial charge in [0.1, 0.15) is 5.82 Å². The monoisotopic (exact) mass is 264 g/mol. The summed E-state index contributed by atoms with van der Waals surface area (Å²) in [4.78, 5) is 12.1. The van der Waals surface area contributed by atoms with E-state index in [2.05, 4.69) is 12.2 Å². The Labute approximate surface area is 113 Å². The Morgan fingerprint density at radius 3 is 2.68 bits per heavy atom. The molecule has 19 heavy (non-hydrogen) atoms. The van der Waals surface area contributed by atoms with Gasteiger partial charge in [0.2, 0.25) is 0 Å². The van der Waals surface area contributed by atoms with Crippen LogP contribution in [0.2, 0.25) is 0 Å². The van der Waals surface area contributed by atoms with Crippen LogP contribution in [0.3, 0.4) is 0 Å². The van der Waals surface area contributed by atoms with Crippen molar-refractivity contribution in [3.05, 3.63) is 29.6 Å². The molecular formula is C15H21FN2O. The van der Waals surface area contributed by atoms with Gasteiger partial charge in [0.15, 0.2) is 0 Å². The number of nitrogens with one attached hydrogen (secondary N) is 1. The fraction of sp³-hybridized carbons (Fsp3) is 0.533. The van der Waals surface area contributed by atoms with E-state index in [1.807, 2.05) is 0 Å². The van der Waals surface area contributed by atoms with Crippen molar-refractivity contribution in [1.29, 1.82) is 0 Å². The molecule has 0 spiro atoms. The van der Waals surface area contributed by atoms with Crippen LogP contribution in [-0.2, 0) is 0 Å². The number of halogens is 1. The number of anilines is 1. The van der Waals surface area contributed by atoms with E-state index in [0.717, 1.165) is 31.6 Å². The normalized spacial score (nSPS) is 23.1. The minimum Gasteiger partial charge on any atom is -0.396 e. The third-order valence-electron chi connectivity index (χ3n) is 4.06. The number of nitrogens with two attached hydrogens (primary N) is 1. The van der Waals surface area contributed by atoms with E-state index in [4.69, 9.17) is 5.73 Å². The zero-order chi connectivity index (χ0) is 13.8. The molecule has 0 aliphatic heterocycles. The van der Waals surface area contributed by atoms with Gasteiger partial charge < -0.3 is 11.1 Å². The summed E-state index contributed by atoms with van der Waals surface area (Å²) in [6.45, 7) is 2.21. The molecule has 0 atom stereocenters. The minimum atomic E-state index is -0.539. The van der Waals surface area contributed by atoms with Gasteiger partial charge in [-0.1, -0.05) is 19.4 Å². The van der Waals surface area contributed by atoms with Crippen LogP contribution in [0.5, 0.6) is 0 Å². The van der Waals surface area contributed by atoms with Crippen molar-refractivity contribution in [3.63, 3.8) is 0 Å². The predicted molar refractivity (Wildman–Crippen MR) is 74.3 cm³/mol. The second-order valence-corrected chi connectivity index (χ2v) is 5.30. The van der Waals surface area contributed by atoms with Gasteiger partial charge in [-0.05, 0) is 43.7 Å². The molecule has 0 heterocycles. The molecule has 0 radical (unpaired) electrons. The Morgan fingerprint density at radius 1 is 1.37 bits per heavy atom. The molecule has 1 aromatic rings. The van der Waals surface area contributed by atoms with Crippen molar-refractivity contribution in [2.45, 2.75) is 45.1 Å². The molecule has 1 aromatic carbocycles. The Bertz CT molecular complexity index is 453. The summed E-state index contributed by atoms with van der Waals surface area (Å²) in [5, 5.41) is 2.96. The van der Waals surface area contributed by atoms with Gasteiger partial charge in [0.05, 0.1) is 11.3 Å². The van der Waals surface area contributed by atoms with E-state index in [0.29, 0.717) is 0 Å². The molecule has 104 valence electrons. The highest BCUT2D eigenvalue weighted by Gasteiger charge is 2.22. The molecule has 1 aliphatic rings. The van der Waals surface area contributed by atoms with Crippen molar-refractivity contribution in [1.82, 2.24) is 5.32 Å². The summed E-state index contributed by atoms with van der Waals surface area (Å²) >= 11 is 0. The number of rotatable bonds is 3. The lowest BCUT2D eigenvalue weighted by molar-refractivity contribution is 0.0922. The highest BCUT2D eigenvalue weighted by molar-refractivity contribution is 5.99. The Hall–Kier alpha value is -1.58. The van der Waals surface area contributed by atoms with E-state index >= 15 is 0 Å². The Morgan fingerprint density at radius 2 is 2.05 bits per heavy atom. The number of para-hydroxylation sites is 1. The standard InChI is InChI=1S/C15H21FN2O/c1-2-10-6-8-11(9-7-10)18-15(19)12-4-3-5-13(16)14(12)17/h3-5,10-11H,2,6-9,17H2,1H3,(H,18,19). The molecule has 3 nitrogen and oxygen atoms in total. The smallest absolute Gasteiger partial charge is 0.253 e. The third-order valence-corrected chi connectivity index (χ3v) is 4.06. The Balaban J connectivity index is 1.96. The number of amides is 1. The summed E-state index contributed by atoms with van der Waals surface area (Å²) in [6.07, 6.45) is 5.51. The van der Waals surface area contributed by atoms with Crippen LogP contribution in [0.4, 0.5) is 10.1 Å². The van der Waals surface area contributed by atoms with Gasteiger partial charge in [-0.15, -0.1) is 0 Å². The number of carbonyl (C=O) groups is 1. The fourth-order valence-electron chi connectivity index (χ4n) is 2.71. The van der Waals surface area contributed by atoms with Gasteiger partial charge in [0, 0.05) is 6.04 Å². The first-order valence-electron chi connectivity index (χ1n) is 6.96. The SMILES string of the molecule is CCC1CCC(NC(=O)c2cccc(F)c2N)CC1. The van der Waals surface area contributed by atoms with Gasteiger partial charge >= 0.3 is 0 Å². The van der Waals surface area contributed by atoms with Crippen molar-refractivity contribution in [2.24, 2.45) is 5.92 Å². The molecule has 0 bridgehead atoms. The molecule has 1 amide bonds. The lowest BCUT2D eigenvalue weighted by atomic mass is 9.84. The predicted octanol–water partition coefficient (Wildman–Crippen LogP) is 3.11. The van der Waals surface area contributed by atoms with Gasteiger partial charge in [-0.25, -0.2) is 4.39 Å². The maximum absolute atomic E-state index is 13.3. The quantitative estimate of drug-likeness (QED) is 0.824. The first-order valence-corrected chi connectivity index (χ1v) is 6.96. The van der Waals surface area contributed by atoms with Gasteiger partial charge in [-0.3, -0.25) is 4.79 Å². The van der Waals surface area contributed by atoms with Crippen LogP contribution in [0, 0.1) is 11.7 Å². The van der Waals surface area contributed by atoms with Crippen LogP contribution in [-0.4, -0.2) is 11.9 Å². The van der Waals surface area contributed by atoms with Crippen LogP contribution >= 0.6 is 0 Å². The number of nitrogen functional groups attached to an aromatic ring is 1. The number of benzene rings is 1. The van der Waals surface area contributed by atoms with Gasteiger partial charge in [0.25, 0.3) is 5.91 Å². The lowest BCUT2D eigenvalue weighted by Crippen LogP contribution is -2.37. The fourth-order valence-corrected chi connectivity index (χ4v) is 2.71. The highest BCUT2D eigenvalue weighted by Crippen LogP contribution is 2.27. The summed E-state index contributed by atoms with van der Waals surface area (Å²) in [5.74, 6) is -0.0216.